The highest BCUT2D eigenvalue weighted by Gasteiger charge is 2.32. The van der Waals surface area contributed by atoms with Crippen LogP contribution in [0.4, 0.5) is 5.69 Å². The van der Waals surface area contributed by atoms with Gasteiger partial charge in [0.1, 0.15) is 10.6 Å². The summed E-state index contributed by atoms with van der Waals surface area (Å²) in [5.41, 5.74) is -1.66. The van der Waals surface area contributed by atoms with Gasteiger partial charge in [-0.15, -0.1) is 0 Å². The minimum Gasteiger partial charge on any atom is -0.449 e. The van der Waals surface area contributed by atoms with Crippen LogP contribution in [0.3, 0.4) is 0 Å². The molecule has 0 aliphatic heterocycles. The molecule has 1 rings (SSSR count). The summed E-state index contributed by atoms with van der Waals surface area (Å²) in [6.45, 7) is 6.45. The van der Waals surface area contributed by atoms with Crippen LogP contribution in [0.25, 0.3) is 0 Å². The average molecular weight is 368 g/mol. The van der Waals surface area contributed by atoms with Gasteiger partial charge in [-0.25, -0.2) is 4.79 Å². The number of ether oxygens (including phenoxy) is 1. The largest absolute Gasteiger partial charge is 0.449 e. The van der Waals surface area contributed by atoms with Crippen molar-refractivity contribution in [1.82, 2.24) is 5.32 Å². The Morgan fingerprint density at radius 2 is 2.00 bits per heavy atom. The molecule has 0 fully saturated rings. The molecule has 1 aromatic rings. The fourth-order valence-corrected chi connectivity index (χ4v) is 1.91. The first-order valence-corrected chi connectivity index (χ1v) is 7.77. The van der Waals surface area contributed by atoms with Gasteiger partial charge in [0.05, 0.1) is 16.6 Å². The number of carbonyl (C=O) groups is 2. The third-order valence-electron chi connectivity index (χ3n) is 3.80. The predicted molar refractivity (Wildman–Crippen MR) is 90.0 cm³/mol. The molecule has 0 aliphatic carbocycles. The molecular formula is C16H18ClN3O5. The molecule has 0 saturated carbocycles. The maximum atomic E-state index is 12.1. The number of carbonyl (C=O) groups excluding carboxylic acids is 2. The third kappa shape index (κ3) is 4.90. The summed E-state index contributed by atoms with van der Waals surface area (Å²) < 4.78 is 5.02. The van der Waals surface area contributed by atoms with E-state index in [1.165, 1.54) is 19.1 Å². The molecule has 0 aromatic heterocycles. The van der Waals surface area contributed by atoms with Crippen molar-refractivity contribution in [2.75, 3.05) is 0 Å². The van der Waals surface area contributed by atoms with Gasteiger partial charge in [-0.2, -0.15) is 5.26 Å². The van der Waals surface area contributed by atoms with Gasteiger partial charge in [0.2, 0.25) is 0 Å². The fraction of sp³-hybridized carbons (Fsp3) is 0.438. The normalized spacial score (nSPS) is 14.1. The first-order valence-electron chi connectivity index (χ1n) is 7.40. The maximum absolute atomic E-state index is 12.1. The van der Waals surface area contributed by atoms with E-state index in [4.69, 9.17) is 16.3 Å². The van der Waals surface area contributed by atoms with Gasteiger partial charge in [0.15, 0.2) is 6.10 Å². The van der Waals surface area contributed by atoms with Crippen molar-refractivity contribution < 1.29 is 19.2 Å². The van der Waals surface area contributed by atoms with Crippen LogP contribution in [-0.2, 0) is 9.53 Å². The van der Waals surface area contributed by atoms with Crippen molar-refractivity contribution in [2.24, 2.45) is 5.92 Å². The number of esters is 1. The highest BCUT2D eigenvalue weighted by atomic mass is 35.5. The van der Waals surface area contributed by atoms with Crippen LogP contribution in [0.5, 0.6) is 0 Å². The monoisotopic (exact) mass is 367 g/mol. The summed E-state index contributed by atoms with van der Waals surface area (Å²) >= 11 is 5.68. The van der Waals surface area contributed by atoms with Crippen molar-refractivity contribution in [3.63, 3.8) is 0 Å². The first kappa shape index (κ1) is 20.4. The Morgan fingerprint density at radius 1 is 1.40 bits per heavy atom. The van der Waals surface area contributed by atoms with Crippen LogP contribution in [0.15, 0.2) is 18.2 Å². The standard InChI is InChI=1S/C16H18ClN3O5/c1-9(2)16(4,8-18)19-14(21)10(3)25-15(22)11-5-6-12(17)13(7-11)20(23)24/h5-7,9-10H,1-4H3,(H,19,21)/t10-,16-/m0/s1. The lowest BCUT2D eigenvalue weighted by Crippen LogP contribution is -2.52. The van der Waals surface area contributed by atoms with E-state index in [0.29, 0.717) is 0 Å². The predicted octanol–water partition coefficient (Wildman–Crippen LogP) is 2.85. The van der Waals surface area contributed by atoms with Crippen molar-refractivity contribution in [3.8, 4) is 6.07 Å². The van der Waals surface area contributed by atoms with Gasteiger partial charge >= 0.3 is 5.97 Å². The molecule has 8 nitrogen and oxygen atoms in total. The first-order chi connectivity index (χ1) is 11.5. The van der Waals surface area contributed by atoms with E-state index in [1.54, 1.807) is 20.8 Å². The molecule has 1 aromatic carbocycles. The zero-order chi connectivity index (χ0) is 19.4. The Balaban J connectivity index is 2.87. The van der Waals surface area contributed by atoms with E-state index >= 15 is 0 Å². The Labute approximate surface area is 149 Å². The molecule has 2 atom stereocenters. The van der Waals surface area contributed by atoms with Crippen LogP contribution >= 0.6 is 11.6 Å². The van der Waals surface area contributed by atoms with Crippen LogP contribution in [0.2, 0.25) is 5.02 Å². The van der Waals surface area contributed by atoms with Crippen LogP contribution in [0.1, 0.15) is 38.1 Å². The summed E-state index contributed by atoms with van der Waals surface area (Å²) in [5, 5.41) is 22.5. The summed E-state index contributed by atoms with van der Waals surface area (Å²) in [5.74, 6) is -1.72. The van der Waals surface area contributed by atoms with Crippen LogP contribution in [0, 0.1) is 27.4 Å². The van der Waals surface area contributed by atoms with Gasteiger partial charge in [-0.3, -0.25) is 14.9 Å². The Bertz CT molecular complexity index is 744. The van der Waals surface area contributed by atoms with Gasteiger partial charge < -0.3 is 10.1 Å². The minimum atomic E-state index is -1.19. The van der Waals surface area contributed by atoms with Gasteiger partial charge in [-0.1, -0.05) is 25.4 Å². The number of hydrogen-bond acceptors (Lipinski definition) is 6. The number of nitro benzene ring substituents is 1. The van der Waals surface area contributed by atoms with Crippen molar-refractivity contribution in [1.29, 1.82) is 5.26 Å². The second kappa shape index (κ2) is 7.94. The number of benzene rings is 1. The Hall–Kier alpha value is -2.66. The molecule has 0 aliphatic rings. The number of nitriles is 1. The van der Waals surface area contributed by atoms with E-state index < -0.39 is 34.1 Å². The number of nitro groups is 1. The molecule has 0 bridgehead atoms. The summed E-state index contributed by atoms with van der Waals surface area (Å²) in [4.78, 5) is 34.4. The second-order valence-electron chi connectivity index (χ2n) is 5.93. The maximum Gasteiger partial charge on any atom is 0.339 e. The molecule has 1 N–H and O–H groups in total. The molecule has 1 amide bonds. The van der Waals surface area contributed by atoms with Crippen molar-refractivity contribution >= 4 is 29.2 Å². The quantitative estimate of drug-likeness (QED) is 0.468. The van der Waals surface area contributed by atoms with E-state index in [-0.39, 0.29) is 16.5 Å². The van der Waals surface area contributed by atoms with E-state index in [2.05, 4.69) is 5.32 Å². The van der Waals surface area contributed by atoms with E-state index in [9.17, 15) is 25.0 Å². The number of rotatable bonds is 6. The SMILES string of the molecule is CC(C)[C@](C)(C#N)NC(=O)[C@H](C)OC(=O)c1ccc(Cl)c([N+](=O)[O-])c1. The Morgan fingerprint density at radius 3 is 2.48 bits per heavy atom. The number of nitrogens with one attached hydrogen (secondary N) is 1. The van der Waals surface area contributed by atoms with E-state index in [0.717, 1.165) is 6.07 Å². The molecular weight excluding hydrogens is 350 g/mol. The lowest BCUT2D eigenvalue weighted by atomic mass is 9.90. The molecule has 0 saturated heterocycles. The smallest absolute Gasteiger partial charge is 0.339 e. The third-order valence-corrected chi connectivity index (χ3v) is 4.12. The van der Waals surface area contributed by atoms with E-state index in [1.807, 2.05) is 6.07 Å². The van der Waals surface area contributed by atoms with Gasteiger partial charge in [-0.05, 0) is 31.9 Å². The van der Waals surface area contributed by atoms with Gasteiger partial charge in [0.25, 0.3) is 11.6 Å². The number of amides is 1. The molecule has 0 radical (unpaired) electrons. The number of nitrogens with zero attached hydrogens (tertiary/aromatic N) is 2. The summed E-state index contributed by atoms with van der Waals surface area (Å²) in [6, 6.07) is 5.45. The topological polar surface area (TPSA) is 122 Å². The summed E-state index contributed by atoms with van der Waals surface area (Å²) in [6.07, 6.45) is -1.19. The molecule has 0 heterocycles. The van der Waals surface area contributed by atoms with Crippen LogP contribution < -0.4 is 5.32 Å². The zero-order valence-electron chi connectivity index (χ0n) is 14.2. The molecule has 25 heavy (non-hydrogen) atoms. The minimum absolute atomic E-state index is 0.109. The number of hydrogen-bond donors (Lipinski definition) is 1. The summed E-state index contributed by atoms with van der Waals surface area (Å²) in [7, 11) is 0. The van der Waals surface area contributed by atoms with Crippen LogP contribution in [-0.4, -0.2) is 28.4 Å². The highest BCUT2D eigenvalue weighted by Crippen LogP contribution is 2.25. The van der Waals surface area contributed by atoms with Crippen molar-refractivity contribution in [3.05, 3.63) is 38.9 Å². The Kier molecular flexibility index (Phi) is 6.48. The lowest BCUT2D eigenvalue weighted by molar-refractivity contribution is -0.384. The fourth-order valence-electron chi connectivity index (χ4n) is 1.72. The highest BCUT2D eigenvalue weighted by molar-refractivity contribution is 6.32. The van der Waals surface area contributed by atoms with Gasteiger partial charge in [0, 0.05) is 6.07 Å². The molecule has 0 unspecified atom stereocenters. The molecule has 9 heteroatoms. The lowest BCUT2D eigenvalue weighted by Gasteiger charge is -2.28. The molecule has 0 spiro atoms. The number of halogens is 1. The average Bonchev–Trinajstić information content (AvgIpc) is 2.54. The zero-order valence-corrected chi connectivity index (χ0v) is 15.0. The molecule has 134 valence electrons. The second-order valence-corrected chi connectivity index (χ2v) is 6.34. The van der Waals surface area contributed by atoms with Crippen molar-refractivity contribution in [2.45, 2.75) is 39.3 Å².